The quantitative estimate of drug-likeness (QED) is 0.504. The van der Waals surface area contributed by atoms with Crippen LogP contribution in [0.5, 0.6) is 0 Å². The van der Waals surface area contributed by atoms with Gasteiger partial charge in [0.1, 0.15) is 0 Å². The van der Waals surface area contributed by atoms with E-state index in [1.807, 2.05) is 0 Å². The van der Waals surface area contributed by atoms with Gasteiger partial charge in [0.25, 0.3) is 0 Å². The molecule has 2 rings (SSSR count). The van der Waals surface area contributed by atoms with Crippen LogP contribution < -0.4 is 11.3 Å². The van der Waals surface area contributed by atoms with Crippen molar-refractivity contribution in [2.45, 2.75) is 19.9 Å². The van der Waals surface area contributed by atoms with E-state index in [4.69, 9.17) is 5.84 Å². The van der Waals surface area contributed by atoms with Crippen LogP contribution >= 0.6 is 22.6 Å². The molecule has 94 valence electrons. The average molecular weight is 352 g/mol. The lowest BCUT2D eigenvalue weighted by Gasteiger charge is -2.20. The summed E-state index contributed by atoms with van der Waals surface area (Å²) < 4.78 is 1.22. The van der Waals surface area contributed by atoms with Gasteiger partial charge in [-0.05, 0) is 65.3 Å². The van der Waals surface area contributed by atoms with Gasteiger partial charge in [0.15, 0.2) is 0 Å². The topological polar surface area (TPSA) is 38.0 Å². The maximum atomic E-state index is 5.75. The van der Waals surface area contributed by atoms with Gasteiger partial charge in [-0.25, -0.2) is 5.43 Å². The number of halogens is 1. The number of aryl methyl sites for hydroxylation is 2. The second-order valence-electron chi connectivity index (χ2n) is 4.51. The van der Waals surface area contributed by atoms with Crippen molar-refractivity contribution in [2.24, 2.45) is 5.84 Å². The molecule has 3 N–H and O–H groups in total. The van der Waals surface area contributed by atoms with E-state index in [9.17, 15) is 0 Å². The number of hydrazine groups is 1. The van der Waals surface area contributed by atoms with Crippen molar-refractivity contribution in [2.75, 3.05) is 0 Å². The van der Waals surface area contributed by atoms with Gasteiger partial charge >= 0.3 is 0 Å². The van der Waals surface area contributed by atoms with Crippen molar-refractivity contribution in [1.82, 2.24) is 5.43 Å². The minimum absolute atomic E-state index is 0.0413. The average Bonchev–Trinajstić information content (AvgIpc) is 2.35. The van der Waals surface area contributed by atoms with E-state index >= 15 is 0 Å². The molecule has 0 aromatic heterocycles. The van der Waals surface area contributed by atoms with E-state index in [-0.39, 0.29) is 6.04 Å². The van der Waals surface area contributed by atoms with Gasteiger partial charge in [0.05, 0.1) is 6.04 Å². The van der Waals surface area contributed by atoms with Crippen LogP contribution in [0.1, 0.15) is 28.3 Å². The molecule has 0 aliphatic carbocycles. The zero-order chi connectivity index (χ0) is 13.1. The molecule has 1 unspecified atom stereocenters. The second kappa shape index (κ2) is 5.82. The predicted molar refractivity (Wildman–Crippen MR) is 84.2 cm³/mol. The Morgan fingerprint density at radius 3 is 2.56 bits per heavy atom. The molecule has 0 saturated carbocycles. The second-order valence-corrected chi connectivity index (χ2v) is 5.76. The van der Waals surface area contributed by atoms with Crippen LogP contribution in [0.2, 0.25) is 0 Å². The molecule has 0 radical (unpaired) electrons. The Labute approximate surface area is 122 Å². The first-order valence-corrected chi connectivity index (χ1v) is 6.98. The molecule has 0 aliphatic heterocycles. The van der Waals surface area contributed by atoms with Crippen molar-refractivity contribution < 1.29 is 0 Å². The number of hydrogen-bond donors (Lipinski definition) is 2. The van der Waals surface area contributed by atoms with E-state index in [0.717, 1.165) is 0 Å². The van der Waals surface area contributed by atoms with E-state index in [0.29, 0.717) is 0 Å². The summed E-state index contributed by atoms with van der Waals surface area (Å²) in [5.74, 6) is 5.75. The van der Waals surface area contributed by atoms with Gasteiger partial charge in [-0.1, -0.05) is 35.9 Å². The molecule has 0 spiro atoms. The van der Waals surface area contributed by atoms with Gasteiger partial charge in [-0.15, -0.1) is 0 Å². The zero-order valence-corrected chi connectivity index (χ0v) is 12.7. The molecule has 0 saturated heterocycles. The third-order valence-corrected chi connectivity index (χ3v) is 3.77. The van der Waals surface area contributed by atoms with E-state index in [1.165, 1.54) is 25.8 Å². The fourth-order valence-corrected chi connectivity index (χ4v) is 2.69. The van der Waals surface area contributed by atoms with Crippen LogP contribution in [0.25, 0.3) is 0 Å². The SMILES string of the molecule is Cc1ccc(C)c(C(NN)c2cccc(I)c2)c1. The Kier molecular flexibility index (Phi) is 4.37. The Balaban J connectivity index is 2.48. The van der Waals surface area contributed by atoms with Gasteiger partial charge in [-0.2, -0.15) is 0 Å². The maximum Gasteiger partial charge on any atom is 0.0713 e. The van der Waals surface area contributed by atoms with Gasteiger partial charge < -0.3 is 0 Å². The molecule has 0 aliphatic rings. The Bertz CT molecular complexity index is 552. The first-order chi connectivity index (χ1) is 8.61. The Morgan fingerprint density at radius 2 is 1.89 bits per heavy atom. The summed E-state index contributed by atoms with van der Waals surface area (Å²) in [6.07, 6.45) is 0. The molecule has 18 heavy (non-hydrogen) atoms. The monoisotopic (exact) mass is 352 g/mol. The van der Waals surface area contributed by atoms with Gasteiger partial charge in [0, 0.05) is 3.57 Å². The summed E-state index contributed by atoms with van der Waals surface area (Å²) in [6, 6.07) is 14.9. The third kappa shape index (κ3) is 2.91. The molecule has 0 fully saturated rings. The number of hydrogen-bond acceptors (Lipinski definition) is 2. The first-order valence-electron chi connectivity index (χ1n) is 5.90. The van der Waals surface area contributed by atoms with Crippen molar-refractivity contribution in [3.8, 4) is 0 Å². The third-order valence-electron chi connectivity index (χ3n) is 3.09. The number of nitrogens with two attached hydrogens (primary N) is 1. The normalized spacial score (nSPS) is 12.4. The minimum atomic E-state index is 0.0413. The molecular weight excluding hydrogens is 335 g/mol. The molecule has 0 bridgehead atoms. The Morgan fingerprint density at radius 1 is 1.11 bits per heavy atom. The largest absolute Gasteiger partial charge is 0.271 e. The van der Waals surface area contributed by atoms with Gasteiger partial charge in [-0.3, -0.25) is 5.84 Å². The summed E-state index contributed by atoms with van der Waals surface area (Å²) in [7, 11) is 0. The van der Waals surface area contributed by atoms with Crippen LogP contribution in [-0.2, 0) is 0 Å². The first kappa shape index (κ1) is 13.5. The highest BCUT2D eigenvalue weighted by atomic mass is 127. The Hall–Kier alpha value is -0.910. The summed E-state index contributed by atoms with van der Waals surface area (Å²) in [5, 5.41) is 0. The van der Waals surface area contributed by atoms with Gasteiger partial charge in [0.2, 0.25) is 0 Å². The van der Waals surface area contributed by atoms with E-state index in [1.54, 1.807) is 0 Å². The van der Waals surface area contributed by atoms with E-state index in [2.05, 4.69) is 84.3 Å². The predicted octanol–water partition coefficient (Wildman–Crippen LogP) is 3.46. The molecule has 3 heteroatoms. The summed E-state index contributed by atoms with van der Waals surface area (Å²) in [5.41, 5.74) is 7.86. The van der Waals surface area contributed by atoms with Crippen LogP contribution in [0.15, 0.2) is 42.5 Å². The molecule has 2 aromatic carbocycles. The lowest BCUT2D eigenvalue weighted by atomic mass is 9.94. The fourth-order valence-electron chi connectivity index (χ4n) is 2.12. The summed E-state index contributed by atoms with van der Waals surface area (Å²) in [6.45, 7) is 4.22. The van der Waals surface area contributed by atoms with Crippen LogP contribution in [0.4, 0.5) is 0 Å². The van der Waals surface area contributed by atoms with Crippen molar-refractivity contribution in [3.05, 3.63) is 68.3 Å². The number of benzene rings is 2. The summed E-state index contributed by atoms with van der Waals surface area (Å²) >= 11 is 2.32. The molecule has 0 heterocycles. The van der Waals surface area contributed by atoms with Crippen molar-refractivity contribution >= 4 is 22.6 Å². The van der Waals surface area contributed by atoms with Crippen molar-refractivity contribution in [1.29, 1.82) is 0 Å². The smallest absolute Gasteiger partial charge is 0.0713 e. The lowest BCUT2D eigenvalue weighted by molar-refractivity contribution is 0.633. The zero-order valence-electron chi connectivity index (χ0n) is 10.6. The number of nitrogens with one attached hydrogen (secondary N) is 1. The minimum Gasteiger partial charge on any atom is -0.271 e. The van der Waals surface area contributed by atoms with E-state index < -0.39 is 0 Å². The van der Waals surface area contributed by atoms with Crippen LogP contribution in [-0.4, -0.2) is 0 Å². The maximum absolute atomic E-state index is 5.75. The number of rotatable bonds is 3. The molecule has 1 atom stereocenters. The van der Waals surface area contributed by atoms with Crippen molar-refractivity contribution in [3.63, 3.8) is 0 Å². The van der Waals surface area contributed by atoms with Crippen LogP contribution in [0.3, 0.4) is 0 Å². The highest BCUT2D eigenvalue weighted by Crippen LogP contribution is 2.26. The highest BCUT2D eigenvalue weighted by molar-refractivity contribution is 14.1. The molecule has 0 amide bonds. The standard InChI is InChI=1S/C15H17IN2/c1-10-6-7-11(2)14(8-10)15(18-17)12-4-3-5-13(16)9-12/h3-9,15,18H,17H2,1-2H3. The molecule has 2 aromatic rings. The highest BCUT2D eigenvalue weighted by Gasteiger charge is 2.14. The molecule has 2 nitrogen and oxygen atoms in total. The lowest BCUT2D eigenvalue weighted by Crippen LogP contribution is -2.29. The molecular formula is C15H17IN2. The summed E-state index contributed by atoms with van der Waals surface area (Å²) in [4.78, 5) is 0. The van der Waals surface area contributed by atoms with Crippen LogP contribution in [0, 0.1) is 17.4 Å². The fraction of sp³-hybridized carbons (Fsp3) is 0.200.